The topological polar surface area (TPSA) is 12.0 Å². The molecule has 0 bridgehead atoms. The third-order valence-electron chi connectivity index (χ3n) is 5.82. The summed E-state index contributed by atoms with van der Waals surface area (Å²) in [6.45, 7) is 14.0. The molecule has 0 fully saturated rings. The van der Waals surface area contributed by atoms with E-state index in [1.54, 1.807) is 0 Å². The molecular weight excluding hydrogens is 421 g/mol. The van der Waals surface area contributed by atoms with Gasteiger partial charge < -0.3 is 0 Å². The van der Waals surface area contributed by atoms with Crippen molar-refractivity contribution >= 4 is 36.1 Å². The fourth-order valence-corrected chi connectivity index (χ4v) is 5.40. The molecule has 0 saturated heterocycles. The zero-order valence-electron chi connectivity index (χ0n) is 17.6. The van der Waals surface area contributed by atoms with Gasteiger partial charge in [0, 0.05) is 0 Å². The second-order valence-electron chi connectivity index (χ2n) is 7.85. The van der Waals surface area contributed by atoms with E-state index in [0.29, 0.717) is 5.92 Å². The average molecular weight is 452 g/mol. The van der Waals surface area contributed by atoms with E-state index in [2.05, 4.69) is 99.9 Å². The number of hydrogen-bond donors (Lipinski definition) is 1. The molecular formula is C24H31Cl2NTi. The van der Waals surface area contributed by atoms with Gasteiger partial charge in [0.25, 0.3) is 0 Å². The predicted molar refractivity (Wildman–Crippen MR) is 124 cm³/mol. The molecule has 4 heteroatoms. The Labute approximate surface area is 192 Å². The van der Waals surface area contributed by atoms with Crippen molar-refractivity contribution < 1.29 is 19.4 Å². The molecule has 0 spiro atoms. The molecule has 1 unspecified atom stereocenters. The summed E-state index contributed by atoms with van der Waals surface area (Å²) in [6.07, 6.45) is 0. The SMILES string of the molecule is CC1=C(C)C(C)C(c2ccccc2[C](C)(C)[Ti][NH]c2ccccc2)=C1C.Cl.Cl. The van der Waals surface area contributed by atoms with Gasteiger partial charge in [0.1, 0.15) is 0 Å². The Morgan fingerprint density at radius 2 is 1.39 bits per heavy atom. The number of anilines is 1. The number of halogens is 2. The maximum Gasteiger partial charge on any atom is -0.147 e. The quantitative estimate of drug-likeness (QED) is 0.460. The molecule has 0 amide bonds. The van der Waals surface area contributed by atoms with Crippen molar-refractivity contribution in [3.8, 4) is 0 Å². The fourth-order valence-electron chi connectivity index (χ4n) is 3.88. The van der Waals surface area contributed by atoms with Crippen LogP contribution in [0.1, 0.15) is 52.7 Å². The Hall–Kier alpha value is -0.986. The third-order valence-corrected chi connectivity index (χ3v) is 7.87. The van der Waals surface area contributed by atoms with Gasteiger partial charge in [-0.25, -0.2) is 0 Å². The van der Waals surface area contributed by atoms with Crippen LogP contribution in [0.5, 0.6) is 0 Å². The van der Waals surface area contributed by atoms with E-state index >= 15 is 0 Å². The number of allylic oxidation sites excluding steroid dienone is 4. The van der Waals surface area contributed by atoms with Crippen molar-refractivity contribution in [1.29, 1.82) is 0 Å². The van der Waals surface area contributed by atoms with Crippen molar-refractivity contribution in [2.75, 3.05) is 3.80 Å². The van der Waals surface area contributed by atoms with Crippen LogP contribution in [0.15, 0.2) is 71.3 Å². The molecule has 150 valence electrons. The van der Waals surface area contributed by atoms with E-state index in [1.807, 2.05) is 0 Å². The van der Waals surface area contributed by atoms with Crippen molar-refractivity contribution in [2.24, 2.45) is 5.92 Å². The molecule has 1 aliphatic rings. The van der Waals surface area contributed by atoms with Crippen LogP contribution in [0.25, 0.3) is 5.57 Å². The summed E-state index contributed by atoms with van der Waals surface area (Å²) in [5, 5.41) is 0. The summed E-state index contributed by atoms with van der Waals surface area (Å²) < 4.78 is 3.90. The zero-order chi connectivity index (χ0) is 18.9. The number of para-hydroxylation sites is 1. The van der Waals surface area contributed by atoms with Crippen molar-refractivity contribution in [3.05, 3.63) is 82.4 Å². The molecule has 0 saturated carbocycles. The van der Waals surface area contributed by atoms with Crippen molar-refractivity contribution in [1.82, 2.24) is 0 Å². The second kappa shape index (κ2) is 10.2. The van der Waals surface area contributed by atoms with E-state index in [1.165, 1.54) is 39.1 Å². The molecule has 0 aliphatic heterocycles. The van der Waals surface area contributed by atoms with Gasteiger partial charge in [-0.05, 0) is 0 Å². The minimum absolute atomic E-state index is 0. The zero-order valence-corrected chi connectivity index (χ0v) is 20.8. The number of benzene rings is 2. The van der Waals surface area contributed by atoms with Crippen LogP contribution >= 0.6 is 24.8 Å². The minimum Gasteiger partial charge on any atom is -0.147 e. The number of hydrogen-bond acceptors (Lipinski definition) is 1. The molecule has 1 nitrogen and oxygen atoms in total. The molecule has 1 atom stereocenters. The van der Waals surface area contributed by atoms with Crippen LogP contribution in [-0.4, -0.2) is 0 Å². The smallest absolute Gasteiger partial charge is 0.147 e. The number of nitrogens with one attached hydrogen (secondary N) is 1. The second-order valence-corrected chi connectivity index (χ2v) is 10.6. The Morgan fingerprint density at radius 3 is 1.96 bits per heavy atom. The molecule has 0 aromatic heterocycles. The average Bonchev–Trinajstić information content (AvgIpc) is 2.84. The third kappa shape index (κ3) is 4.94. The first-order valence-electron chi connectivity index (χ1n) is 9.39. The normalized spacial score (nSPS) is 16.4. The maximum absolute atomic E-state index is 3.74. The minimum atomic E-state index is -0.406. The van der Waals surface area contributed by atoms with E-state index in [-0.39, 0.29) is 28.5 Å². The van der Waals surface area contributed by atoms with E-state index in [0.717, 1.165) is 0 Å². The van der Waals surface area contributed by atoms with E-state index in [4.69, 9.17) is 0 Å². The summed E-state index contributed by atoms with van der Waals surface area (Å²) in [5.74, 6) is 0.508. The molecule has 1 aliphatic carbocycles. The fraction of sp³-hybridized carbons (Fsp3) is 0.333. The first-order valence-corrected chi connectivity index (χ1v) is 11.0. The summed E-state index contributed by atoms with van der Waals surface area (Å²) in [4.78, 5) is 0. The standard InChI is InChI=1S/C18H23.C6H6N.2ClH.Ti/c1-11(2)16-9-7-8-10-17(16)18-14(5)12(3)13(4)15(18)6;7-6-4-2-1-3-5-6;;;/h7-10,14H,1-6H3;1-5,7H;2*1H;/q;-1;;;+1. The van der Waals surface area contributed by atoms with Gasteiger partial charge >= 0.3 is 168 Å². The van der Waals surface area contributed by atoms with Crippen LogP contribution in [0.2, 0.25) is 0 Å². The Kier molecular flexibility index (Phi) is 9.10. The monoisotopic (exact) mass is 451 g/mol. The van der Waals surface area contributed by atoms with Crippen LogP contribution in [-0.2, 0) is 23.1 Å². The van der Waals surface area contributed by atoms with Gasteiger partial charge in [-0.15, -0.1) is 24.8 Å². The molecule has 0 heterocycles. The first-order chi connectivity index (χ1) is 12.3. The van der Waals surface area contributed by atoms with Crippen molar-refractivity contribution in [3.63, 3.8) is 0 Å². The largest absolute Gasteiger partial charge is 0.147 e. The molecule has 2 aromatic carbocycles. The van der Waals surface area contributed by atoms with E-state index < -0.39 is 19.4 Å². The van der Waals surface area contributed by atoms with E-state index in [9.17, 15) is 0 Å². The van der Waals surface area contributed by atoms with Crippen LogP contribution in [0.4, 0.5) is 5.69 Å². The molecule has 3 rings (SSSR count). The van der Waals surface area contributed by atoms with Gasteiger partial charge in [-0.2, -0.15) is 0 Å². The molecule has 1 N–H and O–H groups in total. The Bertz CT molecular complexity index is 869. The van der Waals surface area contributed by atoms with Gasteiger partial charge in [0.05, 0.1) is 0 Å². The van der Waals surface area contributed by atoms with Crippen molar-refractivity contribution in [2.45, 2.75) is 45.3 Å². The first kappa shape index (κ1) is 25.1. The predicted octanol–water partition coefficient (Wildman–Crippen LogP) is 7.63. The van der Waals surface area contributed by atoms with Gasteiger partial charge in [0.2, 0.25) is 0 Å². The summed E-state index contributed by atoms with van der Waals surface area (Å²) >= 11 is -0.406. The van der Waals surface area contributed by atoms with Gasteiger partial charge in [0.15, 0.2) is 0 Å². The molecule has 28 heavy (non-hydrogen) atoms. The van der Waals surface area contributed by atoms with Crippen LogP contribution in [0.3, 0.4) is 0 Å². The van der Waals surface area contributed by atoms with Gasteiger partial charge in [-0.1, -0.05) is 0 Å². The summed E-state index contributed by atoms with van der Waals surface area (Å²) in [6, 6.07) is 19.6. The summed E-state index contributed by atoms with van der Waals surface area (Å²) in [7, 11) is 0. The number of rotatable bonds is 5. The van der Waals surface area contributed by atoms with Crippen LogP contribution in [0, 0.1) is 5.92 Å². The maximum atomic E-state index is 3.74. The molecule has 2 aromatic rings. The summed E-state index contributed by atoms with van der Waals surface area (Å²) in [5.41, 5.74) is 10.1. The Morgan fingerprint density at radius 1 is 0.821 bits per heavy atom. The van der Waals surface area contributed by atoms with Crippen LogP contribution < -0.4 is 3.80 Å². The Balaban J connectivity index is 0.00000196. The molecule has 0 radical (unpaired) electrons. The van der Waals surface area contributed by atoms with Gasteiger partial charge in [-0.3, -0.25) is 0 Å².